The smallest absolute Gasteiger partial charge is 0.267 e. The average Bonchev–Trinajstić information content (AvgIpc) is 3.50. The Balaban J connectivity index is 1.50. The number of hydrogen-bond donors (Lipinski definition) is 3. The molecule has 0 aliphatic carbocycles. The van der Waals surface area contributed by atoms with Gasteiger partial charge in [0.1, 0.15) is 0 Å². The topological polar surface area (TPSA) is 117 Å². The van der Waals surface area contributed by atoms with Gasteiger partial charge in [-0.25, -0.2) is 4.98 Å². The highest BCUT2D eigenvalue weighted by Gasteiger charge is 2.17. The third kappa shape index (κ3) is 2.90. The van der Waals surface area contributed by atoms with Crippen LogP contribution in [-0.2, 0) is 6.42 Å². The summed E-state index contributed by atoms with van der Waals surface area (Å²) in [6.07, 6.45) is 7.63. The number of H-pyrrole nitrogens is 2. The van der Waals surface area contributed by atoms with Crippen LogP contribution in [0.2, 0.25) is 0 Å². The van der Waals surface area contributed by atoms with E-state index < -0.39 is 0 Å². The van der Waals surface area contributed by atoms with Gasteiger partial charge < -0.3 is 10.3 Å². The molecule has 5 aromatic heterocycles. The summed E-state index contributed by atoms with van der Waals surface area (Å²) >= 11 is 0. The van der Waals surface area contributed by atoms with Crippen LogP contribution in [-0.4, -0.2) is 41.2 Å². The molecule has 156 valence electrons. The van der Waals surface area contributed by atoms with Crippen LogP contribution in [0.25, 0.3) is 38.5 Å². The summed E-state index contributed by atoms with van der Waals surface area (Å²) < 4.78 is 1.63. The number of fused-ring (bicyclic) bond motifs is 4. The molecule has 0 unspecified atom stereocenters. The van der Waals surface area contributed by atoms with Gasteiger partial charge in [0.25, 0.3) is 5.56 Å². The molecule has 3 N–H and O–H groups in total. The number of benzene rings is 1. The van der Waals surface area contributed by atoms with Crippen molar-refractivity contribution in [1.29, 1.82) is 0 Å². The van der Waals surface area contributed by atoms with Crippen molar-refractivity contribution >= 4 is 38.8 Å². The fraction of sp³-hybridized carbons (Fsp3) is 0.0870. The summed E-state index contributed by atoms with van der Waals surface area (Å²) in [5, 5.41) is 12.4. The Morgan fingerprint density at radius 1 is 0.969 bits per heavy atom. The molecule has 0 aliphatic rings. The predicted octanol–water partition coefficient (Wildman–Crippen LogP) is 3.19. The minimum Gasteiger partial charge on any atom is -0.361 e. The fourth-order valence-corrected chi connectivity index (χ4v) is 4.01. The number of pyridine rings is 2. The highest BCUT2D eigenvalue weighted by Crippen LogP contribution is 2.26. The molecule has 0 fully saturated rings. The second-order valence-electron chi connectivity index (χ2n) is 7.44. The van der Waals surface area contributed by atoms with E-state index in [-0.39, 0.29) is 5.56 Å². The lowest BCUT2D eigenvalue weighted by Crippen LogP contribution is -2.20. The van der Waals surface area contributed by atoms with Gasteiger partial charge in [0.2, 0.25) is 5.95 Å². The van der Waals surface area contributed by atoms with Crippen molar-refractivity contribution in [2.75, 3.05) is 11.9 Å². The van der Waals surface area contributed by atoms with Crippen LogP contribution in [0, 0.1) is 0 Å². The summed E-state index contributed by atoms with van der Waals surface area (Å²) in [4.78, 5) is 30.2. The molecule has 32 heavy (non-hydrogen) atoms. The first-order valence-corrected chi connectivity index (χ1v) is 10.2. The molecule has 6 rings (SSSR count). The Morgan fingerprint density at radius 3 is 2.84 bits per heavy atom. The van der Waals surface area contributed by atoms with Gasteiger partial charge >= 0.3 is 0 Å². The zero-order valence-corrected chi connectivity index (χ0v) is 16.9. The molecule has 0 amide bonds. The molecule has 0 atom stereocenters. The van der Waals surface area contributed by atoms with Crippen LogP contribution in [0.15, 0.2) is 72.0 Å². The number of rotatable bonds is 5. The van der Waals surface area contributed by atoms with E-state index in [2.05, 4.69) is 30.5 Å². The van der Waals surface area contributed by atoms with Crippen molar-refractivity contribution in [1.82, 2.24) is 34.7 Å². The Morgan fingerprint density at radius 2 is 1.94 bits per heavy atom. The normalized spacial score (nSPS) is 11.5. The number of hydrogen-bond acceptors (Lipinski definition) is 6. The lowest BCUT2D eigenvalue weighted by Gasteiger charge is -2.13. The van der Waals surface area contributed by atoms with Gasteiger partial charge in [-0.2, -0.15) is 10.1 Å². The van der Waals surface area contributed by atoms with Crippen LogP contribution in [0.3, 0.4) is 0 Å². The largest absolute Gasteiger partial charge is 0.361 e. The molecule has 5 heterocycles. The first kappa shape index (κ1) is 18.3. The van der Waals surface area contributed by atoms with Crippen LogP contribution >= 0.6 is 0 Å². The Labute approximate surface area is 181 Å². The van der Waals surface area contributed by atoms with Gasteiger partial charge in [-0.05, 0) is 30.3 Å². The first-order chi connectivity index (χ1) is 15.8. The number of aromatic amines is 2. The average molecular weight is 422 g/mol. The zero-order valence-electron chi connectivity index (χ0n) is 16.9. The van der Waals surface area contributed by atoms with E-state index in [0.29, 0.717) is 29.0 Å². The van der Waals surface area contributed by atoms with Gasteiger partial charge in [-0.15, -0.1) is 0 Å². The number of aromatic nitrogens is 7. The van der Waals surface area contributed by atoms with Crippen molar-refractivity contribution in [2.24, 2.45) is 0 Å². The molecule has 0 spiro atoms. The molecule has 9 nitrogen and oxygen atoms in total. The van der Waals surface area contributed by atoms with Crippen molar-refractivity contribution in [3.05, 3.63) is 83.3 Å². The summed E-state index contributed by atoms with van der Waals surface area (Å²) in [6.45, 7) is 0.618. The number of nitrogens with zero attached hydrogens (tertiary/aromatic N) is 5. The maximum atomic E-state index is 13.5. The standard InChI is InChI=1S/C23H18N8O/c32-22-17-13-28-30-20(17)16-12-27-23(26-10-7-14-4-1-2-9-24-14)29-21(16)31(22)19-6-3-5-18-15(19)8-11-25-18/h1-6,8-9,11-13,25H,7,10H2,(H,28,30)(H,26,27,29). The molecule has 0 radical (unpaired) electrons. The van der Waals surface area contributed by atoms with Gasteiger partial charge in [0.05, 0.1) is 28.2 Å². The first-order valence-electron chi connectivity index (χ1n) is 10.2. The molecule has 0 saturated carbocycles. The highest BCUT2D eigenvalue weighted by molar-refractivity contribution is 6.03. The third-order valence-electron chi connectivity index (χ3n) is 5.53. The van der Waals surface area contributed by atoms with Crippen molar-refractivity contribution in [2.45, 2.75) is 6.42 Å². The van der Waals surface area contributed by atoms with E-state index in [1.54, 1.807) is 23.2 Å². The molecular weight excluding hydrogens is 404 g/mol. The molecule has 0 saturated heterocycles. The lowest BCUT2D eigenvalue weighted by atomic mass is 10.2. The van der Waals surface area contributed by atoms with E-state index >= 15 is 0 Å². The van der Waals surface area contributed by atoms with E-state index in [9.17, 15) is 4.79 Å². The van der Waals surface area contributed by atoms with Crippen molar-refractivity contribution < 1.29 is 0 Å². The van der Waals surface area contributed by atoms with E-state index in [1.165, 1.54) is 0 Å². The van der Waals surface area contributed by atoms with Crippen LogP contribution in [0.1, 0.15) is 5.69 Å². The minimum atomic E-state index is -0.187. The lowest BCUT2D eigenvalue weighted by molar-refractivity contribution is 0.939. The molecular formula is C23H18N8O. The van der Waals surface area contributed by atoms with Crippen molar-refractivity contribution in [3.8, 4) is 5.69 Å². The van der Waals surface area contributed by atoms with E-state index in [0.717, 1.165) is 34.1 Å². The highest BCUT2D eigenvalue weighted by atomic mass is 16.1. The van der Waals surface area contributed by atoms with Crippen LogP contribution in [0.4, 0.5) is 5.95 Å². The Hall–Kier alpha value is -4.53. The van der Waals surface area contributed by atoms with E-state index in [4.69, 9.17) is 4.98 Å². The summed E-state index contributed by atoms with van der Waals surface area (Å²) in [7, 11) is 0. The third-order valence-corrected chi connectivity index (χ3v) is 5.53. The molecule has 6 aromatic rings. The maximum Gasteiger partial charge on any atom is 0.267 e. The molecule has 9 heteroatoms. The fourth-order valence-electron chi connectivity index (χ4n) is 4.01. The number of nitrogens with one attached hydrogen (secondary N) is 3. The molecule has 0 aliphatic heterocycles. The zero-order chi connectivity index (χ0) is 21.5. The van der Waals surface area contributed by atoms with Crippen LogP contribution in [0.5, 0.6) is 0 Å². The molecule has 1 aromatic carbocycles. The SMILES string of the molecule is O=c1c2cn[nH]c2c2cnc(NCCc3ccccn3)nc2n1-c1cccc2[nH]ccc12. The summed E-state index contributed by atoms with van der Waals surface area (Å²) in [6, 6.07) is 13.6. The van der Waals surface area contributed by atoms with Crippen molar-refractivity contribution in [3.63, 3.8) is 0 Å². The Bertz CT molecular complexity index is 1630. The summed E-state index contributed by atoms with van der Waals surface area (Å²) in [5.41, 5.74) is 3.62. The minimum absolute atomic E-state index is 0.187. The second kappa shape index (κ2) is 7.31. The van der Waals surface area contributed by atoms with Gasteiger partial charge in [0, 0.05) is 48.2 Å². The number of anilines is 1. The van der Waals surface area contributed by atoms with Gasteiger partial charge in [-0.3, -0.25) is 19.4 Å². The van der Waals surface area contributed by atoms with Gasteiger partial charge in [0.15, 0.2) is 5.65 Å². The maximum absolute atomic E-state index is 13.5. The summed E-state index contributed by atoms with van der Waals surface area (Å²) in [5.74, 6) is 0.446. The predicted molar refractivity (Wildman–Crippen MR) is 123 cm³/mol. The quantitative estimate of drug-likeness (QED) is 0.393. The second-order valence-corrected chi connectivity index (χ2v) is 7.44. The van der Waals surface area contributed by atoms with Gasteiger partial charge in [-0.1, -0.05) is 12.1 Å². The Kier molecular flexibility index (Phi) is 4.17. The monoisotopic (exact) mass is 422 g/mol. The van der Waals surface area contributed by atoms with E-state index in [1.807, 2.05) is 48.7 Å². The van der Waals surface area contributed by atoms with Crippen LogP contribution < -0.4 is 10.9 Å². The molecule has 0 bridgehead atoms.